The van der Waals surface area contributed by atoms with E-state index in [0.717, 1.165) is 6.42 Å². The SMILES string of the molecule is CCCCCCC(C)(CCCCCC)CC(Cl)=C(Cl)Cl. The first-order chi connectivity index (χ1) is 9.45. The van der Waals surface area contributed by atoms with E-state index in [1.54, 1.807) is 0 Å². The molecule has 0 atom stereocenters. The van der Waals surface area contributed by atoms with Crippen LogP contribution in [0, 0.1) is 5.41 Å². The van der Waals surface area contributed by atoms with Crippen molar-refractivity contribution in [2.75, 3.05) is 0 Å². The number of hydrogen-bond donors (Lipinski definition) is 0. The van der Waals surface area contributed by atoms with Gasteiger partial charge in [0.15, 0.2) is 0 Å². The lowest BCUT2D eigenvalue weighted by Crippen LogP contribution is -2.17. The highest BCUT2D eigenvalue weighted by Gasteiger charge is 2.25. The monoisotopic (exact) mass is 340 g/mol. The average Bonchev–Trinajstić information content (AvgIpc) is 2.40. The van der Waals surface area contributed by atoms with Gasteiger partial charge in [-0.1, -0.05) is 107 Å². The molecule has 20 heavy (non-hydrogen) atoms. The van der Waals surface area contributed by atoms with Crippen molar-refractivity contribution in [2.24, 2.45) is 5.41 Å². The second-order valence-corrected chi connectivity index (χ2v) is 7.68. The Balaban J connectivity index is 4.38. The fourth-order valence-corrected chi connectivity index (χ4v) is 3.16. The van der Waals surface area contributed by atoms with Gasteiger partial charge in [0.25, 0.3) is 0 Å². The molecule has 0 spiro atoms. The topological polar surface area (TPSA) is 0 Å². The molecule has 3 heteroatoms. The zero-order valence-electron chi connectivity index (χ0n) is 13.4. The molecule has 0 saturated carbocycles. The van der Waals surface area contributed by atoms with Crippen LogP contribution in [0.15, 0.2) is 9.52 Å². The van der Waals surface area contributed by atoms with Gasteiger partial charge >= 0.3 is 0 Å². The summed E-state index contributed by atoms with van der Waals surface area (Å²) in [7, 11) is 0. The Morgan fingerprint density at radius 1 is 0.750 bits per heavy atom. The van der Waals surface area contributed by atoms with E-state index in [0.29, 0.717) is 5.03 Å². The van der Waals surface area contributed by atoms with Crippen molar-refractivity contribution >= 4 is 34.8 Å². The maximum absolute atomic E-state index is 6.20. The Hall–Kier alpha value is 0.610. The average molecular weight is 342 g/mol. The minimum Gasteiger partial charge on any atom is -0.0865 e. The summed E-state index contributed by atoms with van der Waals surface area (Å²) in [5.41, 5.74) is 0.244. The van der Waals surface area contributed by atoms with E-state index in [2.05, 4.69) is 20.8 Å². The summed E-state index contributed by atoms with van der Waals surface area (Å²) in [6.07, 6.45) is 13.7. The Morgan fingerprint density at radius 3 is 1.55 bits per heavy atom. The van der Waals surface area contributed by atoms with E-state index in [4.69, 9.17) is 34.8 Å². The molecule has 0 unspecified atom stereocenters. The maximum Gasteiger partial charge on any atom is 0.121 e. The van der Waals surface area contributed by atoms with Crippen LogP contribution in [-0.4, -0.2) is 0 Å². The third kappa shape index (κ3) is 10.4. The van der Waals surface area contributed by atoms with Gasteiger partial charge in [-0.25, -0.2) is 0 Å². The number of hydrogen-bond acceptors (Lipinski definition) is 0. The predicted octanol–water partition coefficient (Wildman–Crippen LogP) is 8.21. The molecule has 0 amide bonds. The summed E-state index contributed by atoms with van der Waals surface area (Å²) < 4.78 is 0.236. The zero-order chi connectivity index (χ0) is 15.4. The smallest absolute Gasteiger partial charge is 0.0865 e. The van der Waals surface area contributed by atoms with Crippen LogP contribution in [0.5, 0.6) is 0 Å². The van der Waals surface area contributed by atoms with Crippen molar-refractivity contribution in [2.45, 2.75) is 91.4 Å². The van der Waals surface area contributed by atoms with Crippen LogP contribution in [0.3, 0.4) is 0 Å². The van der Waals surface area contributed by atoms with Gasteiger partial charge in [0.2, 0.25) is 0 Å². The minimum atomic E-state index is 0.236. The molecule has 0 rings (SSSR count). The van der Waals surface area contributed by atoms with Crippen molar-refractivity contribution in [3.63, 3.8) is 0 Å². The third-order valence-corrected chi connectivity index (χ3v) is 5.03. The molecule has 0 bridgehead atoms. The maximum atomic E-state index is 6.20. The number of unbranched alkanes of at least 4 members (excludes halogenated alkanes) is 6. The molecule has 0 aromatic carbocycles. The lowest BCUT2D eigenvalue weighted by molar-refractivity contribution is 0.252. The number of halogens is 3. The van der Waals surface area contributed by atoms with Gasteiger partial charge in [0.1, 0.15) is 4.49 Å². The molecule has 0 aliphatic rings. The van der Waals surface area contributed by atoms with E-state index in [-0.39, 0.29) is 9.91 Å². The van der Waals surface area contributed by atoms with Crippen LogP contribution in [0.4, 0.5) is 0 Å². The Morgan fingerprint density at radius 2 is 1.20 bits per heavy atom. The van der Waals surface area contributed by atoms with Crippen molar-refractivity contribution < 1.29 is 0 Å². The van der Waals surface area contributed by atoms with Gasteiger partial charge in [0.05, 0.1) is 0 Å². The second-order valence-electron chi connectivity index (χ2n) is 6.27. The molecule has 120 valence electrons. The predicted molar refractivity (Wildman–Crippen MR) is 94.8 cm³/mol. The van der Waals surface area contributed by atoms with Gasteiger partial charge < -0.3 is 0 Å². The van der Waals surface area contributed by atoms with Crippen molar-refractivity contribution in [1.82, 2.24) is 0 Å². The molecule has 0 heterocycles. The van der Waals surface area contributed by atoms with Gasteiger partial charge in [-0.15, -0.1) is 0 Å². The Kier molecular flexibility index (Phi) is 12.6. The van der Waals surface area contributed by atoms with Crippen molar-refractivity contribution in [3.8, 4) is 0 Å². The van der Waals surface area contributed by atoms with Crippen LogP contribution in [0.2, 0.25) is 0 Å². The van der Waals surface area contributed by atoms with Gasteiger partial charge in [0, 0.05) is 5.03 Å². The van der Waals surface area contributed by atoms with Crippen LogP contribution < -0.4 is 0 Å². The fourth-order valence-electron chi connectivity index (χ4n) is 2.70. The zero-order valence-corrected chi connectivity index (χ0v) is 15.7. The molecule has 0 aliphatic carbocycles. The minimum absolute atomic E-state index is 0.236. The second kappa shape index (κ2) is 12.2. The number of rotatable bonds is 12. The highest BCUT2D eigenvalue weighted by atomic mass is 35.5. The molecule has 0 saturated heterocycles. The molecule has 0 aromatic rings. The van der Waals surface area contributed by atoms with E-state index >= 15 is 0 Å². The van der Waals surface area contributed by atoms with Gasteiger partial charge in [-0.3, -0.25) is 0 Å². The van der Waals surface area contributed by atoms with E-state index in [1.165, 1.54) is 64.2 Å². The summed E-state index contributed by atoms with van der Waals surface area (Å²) in [6, 6.07) is 0. The Labute approximate surface area is 141 Å². The van der Waals surface area contributed by atoms with E-state index in [9.17, 15) is 0 Å². The lowest BCUT2D eigenvalue weighted by atomic mass is 9.77. The summed E-state index contributed by atoms with van der Waals surface area (Å²) in [5, 5.41) is 0.627. The Bertz CT molecular complexity index is 255. The molecular weight excluding hydrogens is 311 g/mol. The van der Waals surface area contributed by atoms with Crippen LogP contribution in [0.25, 0.3) is 0 Å². The van der Waals surface area contributed by atoms with Crippen LogP contribution >= 0.6 is 34.8 Å². The lowest BCUT2D eigenvalue weighted by Gasteiger charge is -2.30. The first-order valence-corrected chi connectivity index (χ1v) is 9.28. The molecule has 0 aromatic heterocycles. The summed E-state index contributed by atoms with van der Waals surface area (Å²) in [6.45, 7) is 6.83. The largest absolute Gasteiger partial charge is 0.121 e. The normalized spacial score (nSPS) is 11.7. The van der Waals surface area contributed by atoms with Crippen molar-refractivity contribution in [3.05, 3.63) is 9.52 Å². The fraction of sp³-hybridized carbons (Fsp3) is 0.882. The van der Waals surface area contributed by atoms with Crippen LogP contribution in [0.1, 0.15) is 91.4 Å². The number of allylic oxidation sites excluding steroid dienone is 1. The molecular formula is C17H31Cl3. The standard InChI is InChI=1S/C17H31Cl3/c1-4-6-8-10-12-17(3,13-11-9-7-5-2)14-15(18)16(19)20/h4-14H2,1-3H3. The summed E-state index contributed by atoms with van der Waals surface area (Å²) in [4.78, 5) is 0. The molecule has 0 N–H and O–H groups in total. The van der Waals surface area contributed by atoms with Crippen molar-refractivity contribution in [1.29, 1.82) is 0 Å². The first kappa shape index (κ1) is 20.6. The van der Waals surface area contributed by atoms with Crippen LogP contribution in [-0.2, 0) is 0 Å². The molecule has 0 fully saturated rings. The third-order valence-electron chi connectivity index (χ3n) is 4.05. The van der Waals surface area contributed by atoms with Gasteiger partial charge in [-0.2, -0.15) is 0 Å². The van der Waals surface area contributed by atoms with E-state index in [1.807, 2.05) is 0 Å². The summed E-state index contributed by atoms with van der Waals surface area (Å²) >= 11 is 17.8. The molecule has 0 nitrogen and oxygen atoms in total. The highest BCUT2D eigenvalue weighted by molar-refractivity contribution is 6.59. The molecule has 0 aliphatic heterocycles. The van der Waals surface area contributed by atoms with E-state index < -0.39 is 0 Å². The molecule has 0 radical (unpaired) electrons. The van der Waals surface area contributed by atoms with Gasteiger partial charge in [-0.05, 0) is 24.7 Å². The summed E-state index contributed by atoms with van der Waals surface area (Å²) in [5.74, 6) is 0. The first-order valence-electron chi connectivity index (χ1n) is 8.15. The quantitative estimate of drug-likeness (QED) is 0.314. The highest BCUT2D eigenvalue weighted by Crippen LogP contribution is 2.40.